The normalized spacial score (nSPS) is 11.0. The number of hydrogen-bond donors (Lipinski definition) is 3. The molecule has 3 aromatic rings. The third-order valence-electron chi connectivity index (χ3n) is 3.28. The molecule has 0 saturated carbocycles. The van der Waals surface area contributed by atoms with Crippen molar-refractivity contribution in [1.29, 1.82) is 0 Å². The number of nitrogens with one attached hydrogen (secondary N) is 1. The summed E-state index contributed by atoms with van der Waals surface area (Å²) in [5.41, 5.74) is 2.66. The Hall–Kier alpha value is -3.61. The number of carbonyl (C=O) groups is 1. The minimum Gasteiger partial charge on any atom is -0.508 e. The van der Waals surface area contributed by atoms with Crippen LogP contribution in [0.25, 0.3) is 11.0 Å². The Bertz CT molecular complexity index is 990. The van der Waals surface area contributed by atoms with E-state index in [1.54, 1.807) is 0 Å². The van der Waals surface area contributed by atoms with Crippen LogP contribution < -0.4 is 10.9 Å². The molecule has 7 heteroatoms. The van der Waals surface area contributed by atoms with Crippen molar-refractivity contribution in [1.82, 2.24) is 5.43 Å². The van der Waals surface area contributed by atoms with Crippen LogP contribution in [0.1, 0.15) is 15.9 Å². The molecule has 0 aliphatic carbocycles. The summed E-state index contributed by atoms with van der Waals surface area (Å²) >= 11 is 0. The lowest BCUT2D eigenvalue weighted by Crippen LogP contribution is -2.18. The molecule has 24 heavy (non-hydrogen) atoms. The maximum absolute atomic E-state index is 12.2. The first-order valence-corrected chi connectivity index (χ1v) is 6.91. The third-order valence-corrected chi connectivity index (χ3v) is 3.28. The summed E-state index contributed by atoms with van der Waals surface area (Å²) in [6, 6.07) is 9.81. The Balaban J connectivity index is 1.79. The molecule has 0 unspecified atom stereocenters. The number of amides is 1. The minimum atomic E-state index is -0.485. The van der Waals surface area contributed by atoms with Crippen LogP contribution in [-0.2, 0) is 0 Å². The van der Waals surface area contributed by atoms with Crippen LogP contribution in [0.15, 0.2) is 63.0 Å². The van der Waals surface area contributed by atoms with Crippen LogP contribution in [0.4, 0.5) is 0 Å². The number of benzene rings is 2. The molecule has 0 saturated heterocycles. The number of aromatic hydroxyl groups is 2. The van der Waals surface area contributed by atoms with Gasteiger partial charge in [0.25, 0.3) is 5.91 Å². The Labute approximate surface area is 135 Å². The maximum Gasteiger partial charge on any atom is 0.271 e. The molecule has 0 spiro atoms. The average Bonchev–Trinajstić information content (AvgIpc) is 2.57. The Morgan fingerprint density at radius 3 is 2.54 bits per heavy atom. The fraction of sp³-hybridized carbons (Fsp3) is 0. The largest absolute Gasteiger partial charge is 0.508 e. The number of nitrogens with zero attached hydrogens (tertiary/aromatic N) is 1. The van der Waals surface area contributed by atoms with E-state index in [2.05, 4.69) is 10.5 Å². The summed E-state index contributed by atoms with van der Waals surface area (Å²) in [4.78, 5) is 24.1. The number of phenolic OH excluding ortho intramolecular Hbond substituents is 2. The zero-order valence-corrected chi connectivity index (χ0v) is 12.3. The Morgan fingerprint density at radius 2 is 1.79 bits per heavy atom. The van der Waals surface area contributed by atoms with Crippen LogP contribution in [-0.4, -0.2) is 22.3 Å². The second kappa shape index (κ2) is 6.25. The number of carbonyl (C=O) groups excluding carboxylic acids is 1. The lowest BCUT2D eigenvalue weighted by molar-refractivity contribution is 0.0955. The molecule has 1 amide bonds. The fourth-order valence-corrected chi connectivity index (χ4v) is 2.06. The van der Waals surface area contributed by atoms with E-state index in [0.717, 1.165) is 0 Å². The van der Waals surface area contributed by atoms with Gasteiger partial charge in [0, 0.05) is 11.6 Å². The van der Waals surface area contributed by atoms with E-state index in [1.807, 2.05) is 0 Å². The van der Waals surface area contributed by atoms with Crippen molar-refractivity contribution in [3.8, 4) is 11.5 Å². The van der Waals surface area contributed by atoms with Gasteiger partial charge in [-0.2, -0.15) is 5.10 Å². The average molecular weight is 324 g/mol. The molecule has 120 valence electrons. The van der Waals surface area contributed by atoms with Crippen molar-refractivity contribution in [3.63, 3.8) is 0 Å². The van der Waals surface area contributed by atoms with Gasteiger partial charge in [0.05, 0.1) is 17.2 Å². The summed E-state index contributed by atoms with van der Waals surface area (Å²) in [6.07, 6.45) is 2.37. The summed E-state index contributed by atoms with van der Waals surface area (Å²) in [5.74, 6) is -0.440. The fourth-order valence-electron chi connectivity index (χ4n) is 2.06. The smallest absolute Gasteiger partial charge is 0.271 e. The van der Waals surface area contributed by atoms with Gasteiger partial charge in [-0.05, 0) is 36.4 Å². The number of fused-ring (bicyclic) bond motifs is 1. The standard InChI is InChI=1S/C17H12N2O5/c20-12-3-1-10(2-4-12)17(23)19-18-8-11-9-24-15-7-13(21)5-6-14(15)16(11)22/h1-9,20-21H,(H,19,23)/b18-8+. The molecular weight excluding hydrogens is 312 g/mol. The second-order valence-electron chi connectivity index (χ2n) is 4.95. The van der Waals surface area contributed by atoms with Crippen LogP contribution in [0.5, 0.6) is 11.5 Å². The molecule has 0 aliphatic rings. The lowest BCUT2D eigenvalue weighted by atomic mass is 10.2. The van der Waals surface area contributed by atoms with E-state index < -0.39 is 5.91 Å². The second-order valence-corrected chi connectivity index (χ2v) is 4.95. The Kier molecular flexibility index (Phi) is 3.98. The molecule has 0 radical (unpaired) electrons. The Morgan fingerprint density at radius 1 is 1.08 bits per heavy atom. The molecular formula is C17H12N2O5. The van der Waals surface area contributed by atoms with Crippen LogP contribution in [0.3, 0.4) is 0 Å². The highest BCUT2D eigenvalue weighted by molar-refractivity contribution is 5.95. The molecule has 0 atom stereocenters. The predicted molar refractivity (Wildman–Crippen MR) is 87.3 cm³/mol. The van der Waals surface area contributed by atoms with Crippen molar-refractivity contribution in [2.24, 2.45) is 5.10 Å². The topological polar surface area (TPSA) is 112 Å². The highest BCUT2D eigenvalue weighted by Crippen LogP contribution is 2.17. The van der Waals surface area contributed by atoms with Gasteiger partial charge in [-0.15, -0.1) is 0 Å². The molecule has 3 rings (SSSR count). The van der Waals surface area contributed by atoms with Crippen molar-refractivity contribution < 1.29 is 19.4 Å². The first-order chi connectivity index (χ1) is 11.5. The van der Waals surface area contributed by atoms with E-state index in [1.165, 1.54) is 54.9 Å². The number of hydrazone groups is 1. The van der Waals surface area contributed by atoms with E-state index >= 15 is 0 Å². The van der Waals surface area contributed by atoms with Gasteiger partial charge in [0.1, 0.15) is 23.3 Å². The number of hydrogen-bond acceptors (Lipinski definition) is 6. The first kappa shape index (κ1) is 15.3. The van der Waals surface area contributed by atoms with Crippen molar-refractivity contribution >= 4 is 23.1 Å². The third kappa shape index (κ3) is 3.09. The van der Waals surface area contributed by atoms with Gasteiger partial charge in [0.15, 0.2) is 0 Å². The highest BCUT2D eigenvalue weighted by atomic mass is 16.3. The van der Waals surface area contributed by atoms with Gasteiger partial charge < -0.3 is 14.6 Å². The number of rotatable bonds is 3. The molecule has 7 nitrogen and oxygen atoms in total. The van der Waals surface area contributed by atoms with Crippen molar-refractivity contribution in [3.05, 3.63) is 70.1 Å². The van der Waals surface area contributed by atoms with E-state index in [4.69, 9.17) is 4.42 Å². The summed E-state index contributed by atoms with van der Waals surface area (Å²) < 4.78 is 5.27. The zero-order valence-electron chi connectivity index (χ0n) is 12.3. The summed E-state index contributed by atoms with van der Waals surface area (Å²) in [7, 11) is 0. The van der Waals surface area contributed by atoms with Gasteiger partial charge in [-0.25, -0.2) is 5.43 Å². The van der Waals surface area contributed by atoms with Crippen LogP contribution in [0, 0.1) is 0 Å². The van der Waals surface area contributed by atoms with Crippen LogP contribution in [0.2, 0.25) is 0 Å². The molecule has 1 heterocycles. The minimum absolute atomic E-state index is 0.00627. The van der Waals surface area contributed by atoms with E-state index in [0.29, 0.717) is 10.9 Å². The van der Waals surface area contributed by atoms with E-state index in [-0.39, 0.29) is 28.1 Å². The lowest BCUT2D eigenvalue weighted by Gasteiger charge is -2.00. The van der Waals surface area contributed by atoms with Gasteiger partial charge in [0.2, 0.25) is 5.43 Å². The molecule has 0 fully saturated rings. The highest BCUT2D eigenvalue weighted by Gasteiger charge is 2.07. The molecule has 3 N–H and O–H groups in total. The van der Waals surface area contributed by atoms with Gasteiger partial charge >= 0.3 is 0 Å². The molecule has 0 bridgehead atoms. The summed E-state index contributed by atoms with van der Waals surface area (Å²) in [6.45, 7) is 0. The van der Waals surface area contributed by atoms with Crippen LogP contribution >= 0.6 is 0 Å². The molecule has 2 aromatic carbocycles. The summed E-state index contributed by atoms with van der Waals surface area (Å²) in [5, 5.41) is 22.6. The first-order valence-electron chi connectivity index (χ1n) is 6.91. The predicted octanol–water partition coefficient (Wildman–Crippen LogP) is 1.97. The van der Waals surface area contributed by atoms with Crippen molar-refractivity contribution in [2.75, 3.05) is 0 Å². The maximum atomic E-state index is 12.2. The van der Waals surface area contributed by atoms with Gasteiger partial charge in [-0.1, -0.05) is 0 Å². The van der Waals surface area contributed by atoms with Gasteiger partial charge in [-0.3, -0.25) is 9.59 Å². The number of phenols is 2. The SMILES string of the molecule is O=C(N/N=C/c1coc2cc(O)ccc2c1=O)c1ccc(O)cc1. The van der Waals surface area contributed by atoms with Crippen molar-refractivity contribution in [2.45, 2.75) is 0 Å². The zero-order chi connectivity index (χ0) is 17.1. The monoisotopic (exact) mass is 324 g/mol. The molecule has 0 aliphatic heterocycles. The molecule has 1 aromatic heterocycles. The quantitative estimate of drug-likeness (QED) is 0.504. The van der Waals surface area contributed by atoms with E-state index in [9.17, 15) is 19.8 Å².